The molecular formula is C20H29N3O3. The van der Waals surface area contributed by atoms with Crippen molar-refractivity contribution in [3.8, 4) is 5.75 Å². The number of nitrogens with zero attached hydrogens (tertiary/aromatic N) is 2. The number of ether oxygens (including phenoxy) is 1. The Morgan fingerprint density at radius 2 is 2.04 bits per heavy atom. The van der Waals surface area contributed by atoms with Crippen LogP contribution in [-0.4, -0.2) is 66.5 Å². The lowest BCUT2D eigenvalue weighted by Gasteiger charge is -2.42. The molecule has 142 valence electrons. The lowest BCUT2D eigenvalue weighted by Crippen LogP contribution is -2.57. The molecule has 0 bridgehead atoms. The van der Waals surface area contributed by atoms with Crippen molar-refractivity contribution in [1.82, 2.24) is 15.1 Å². The number of fused-ring (bicyclic) bond motifs is 1. The van der Waals surface area contributed by atoms with Crippen LogP contribution in [-0.2, 0) is 4.79 Å². The van der Waals surface area contributed by atoms with E-state index in [-0.39, 0.29) is 11.8 Å². The van der Waals surface area contributed by atoms with Crippen molar-refractivity contribution < 1.29 is 14.3 Å². The van der Waals surface area contributed by atoms with Crippen LogP contribution in [0.1, 0.15) is 42.6 Å². The van der Waals surface area contributed by atoms with Crippen molar-refractivity contribution in [2.45, 2.75) is 45.3 Å². The normalized spacial score (nSPS) is 20.9. The van der Waals surface area contributed by atoms with E-state index in [1.807, 2.05) is 32.0 Å². The second-order valence-electron chi connectivity index (χ2n) is 7.59. The first-order valence-corrected chi connectivity index (χ1v) is 9.42. The fourth-order valence-electron chi connectivity index (χ4n) is 3.76. The molecule has 1 aromatic rings. The summed E-state index contributed by atoms with van der Waals surface area (Å²) < 4.78 is 6.46. The summed E-state index contributed by atoms with van der Waals surface area (Å²) in [5, 5.41) is 2.84. The van der Waals surface area contributed by atoms with Crippen molar-refractivity contribution in [2.24, 2.45) is 0 Å². The highest BCUT2D eigenvalue weighted by Gasteiger charge is 2.44. The van der Waals surface area contributed by atoms with Gasteiger partial charge < -0.3 is 19.9 Å². The van der Waals surface area contributed by atoms with Crippen LogP contribution in [0.5, 0.6) is 5.75 Å². The fraction of sp³-hybridized carbons (Fsp3) is 0.600. The van der Waals surface area contributed by atoms with Crippen LogP contribution in [0.15, 0.2) is 18.2 Å². The van der Waals surface area contributed by atoms with Gasteiger partial charge in [0, 0.05) is 32.5 Å². The van der Waals surface area contributed by atoms with Gasteiger partial charge in [-0.3, -0.25) is 9.59 Å². The summed E-state index contributed by atoms with van der Waals surface area (Å²) in [7, 11) is 2.10. The van der Waals surface area contributed by atoms with Gasteiger partial charge in [-0.2, -0.15) is 0 Å². The van der Waals surface area contributed by atoms with E-state index in [1.165, 1.54) is 0 Å². The largest absolute Gasteiger partial charge is 0.484 e. The first-order valence-electron chi connectivity index (χ1n) is 9.42. The molecule has 0 aliphatic carbocycles. The van der Waals surface area contributed by atoms with Crippen molar-refractivity contribution in [3.63, 3.8) is 0 Å². The summed E-state index contributed by atoms with van der Waals surface area (Å²) in [5.74, 6) is 0.383. The maximum absolute atomic E-state index is 13.3. The zero-order valence-corrected chi connectivity index (χ0v) is 16.2. The molecule has 2 amide bonds. The number of nitrogens with one attached hydrogen (secondary N) is 1. The van der Waals surface area contributed by atoms with E-state index in [1.54, 1.807) is 11.8 Å². The number of carbonyl (C=O) groups is 2. The molecule has 6 nitrogen and oxygen atoms in total. The molecule has 1 spiro atoms. The minimum Gasteiger partial charge on any atom is -0.484 e. The first kappa shape index (κ1) is 18.7. The van der Waals surface area contributed by atoms with E-state index >= 15 is 0 Å². The molecule has 1 unspecified atom stereocenters. The van der Waals surface area contributed by atoms with E-state index in [0.29, 0.717) is 24.4 Å². The monoisotopic (exact) mass is 359 g/mol. The Bertz CT molecular complexity index is 696. The predicted octanol–water partition coefficient (Wildman–Crippen LogP) is 1.82. The van der Waals surface area contributed by atoms with Gasteiger partial charge in [0.15, 0.2) is 0 Å². The Balaban J connectivity index is 2.00. The van der Waals surface area contributed by atoms with Crippen molar-refractivity contribution in [1.29, 1.82) is 0 Å². The van der Waals surface area contributed by atoms with Crippen LogP contribution in [0.3, 0.4) is 0 Å². The smallest absolute Gasteiger partial charge is 0.258 e. The van der Waals surface area contributed by atoms with Crippen molar-refractivity contribution in [2.75, 3.05) is 33.2 Å². The average molecular weight is 359 g/mol. The Hall–Kier alpha value is -2.08. The number of amides is 2. The standard InChI is InChI=1S/C20H29N3O3/c1-5-21-18(24)15(3)23-13-20(8-10-22(4)11-9-20)26-17-7-6-14(2)12-16(17)19(23)25/h6-7,12,15H,5,8-11,13H2,1-4H3,(H,21,24). The van der Waals surface area contributed by atoms with Gasteiger partial charge in [-0.25, -0.2) is 0 Å². The SMILES string of the molecule is CCNC(=O)C(C)N1CC2(CCN(C)CC2)Oc2ccc(C)cc2C1=O. The van der Waals surface area contributed by atoms with E-state index in [4.69, 9.17) is 4.74 Å². The molecule has 0 aromatic heterocycles. The van der Waals surface area contributed by atoms with Gasteiger partial charge in [-0.15, -0.1) is 0 Å². The Morgan fingerprint density at radius 1 is 1.35 bits per heavy atom. The predicted molar refractivity (Wildman–Crippen MR) is 100 cm³/mol. The van der Waals surface area contributed by atoms with Crippen LogP contribution in [0.2, 0.25) is 0 Å². The highest BCUT2D eigenvalue weighted by atomic mass is 16.5. The maximum atomic E-state index is 13.3. The third kappa shape index (κ3) is 3.56. The van der Waals surface area contributed by atoms with Gasteiger partial charge in [-0.1, -0.05) is 11.6 Å². The van der Waals surface area contributed by atoms with Gasteiger partial charge in [-0.05, 0) is 40.0 Å². The van der Waals surface area contributed by atoms with Gasteiger partial charge in [0.05, 0.1) is 12.1 Å². The number of likely N-dealkylation sites (N-methyl/N-ethyl adjacent to an activating group) is 1. The van der Waals surface area contributed by atoms with E-state index in [9.17, 15) is 9.59 Å². The quantitative estimate of drug-likeness (QED) is 0.894. The molecular weight excluding hydrogens is 330 g/mol. The van der Waals surface area contributed by atoms with Gasteiger partial charge in [0.2, 0.25) is 5.91 Å². The maximum Gasteiger partial charge on any atom is 0.258 e. The zero-order chi connectivity index (χ0) is 18.9. The molecule has 6 heteroatoms. The molecule has 0 saturated carbocycles. The van der Waals surface area contributed by atoms with E-state index < -0.39 is 11.6 Å². The molecule has 3 rings (SSSR count). The summed E-state index contributed by atoms with van der Waals surface area (Å²) in [6.07, 6.45) is 1.67. The highest BCUT2D eigenvalue weighted by molar-refractivity contribution is 6.00. The third-order valence-electron chi connectivity index (χ3n) is 5.51. The molecule has 0 radical (unpaired) electrons. The summed E-state index contributed by atoms with van der Waals surface area (Å²) in [4.78, 5) is 29.7. The molecule has 1 aromatic carbocycles. The molecule has 2 aliphatic heterocycles. The van der Waals surface area contributed by atoms with Crippen LogP contribution in [0.4, 0.5) is 0 Å². The Kier molecular flexibility index (Phi) is 5.23. The molecule has 26 heavy (non-hydrogen) atoms. The summed E-state index contributed by atoms with van der Waals surface area (Å²) >= 11 is 0. The van der Waals surface area contributed by atoms with Crippen LogP contribution in [0.25, 0.3) is 0 Å². The summed E-state index contributed by atoms with van der Waals surface area (Å²) in [6, 6.07) is 5.19. The fourth-order valence-corrected chi connectivity index (χ4v) is 3.76. The zero-order valence-electron chi connectivity index (χ0n) is 16.2. The lowest BCUT2D eigenvalue weighted by molar-refractivity contribution is -0.126. The Labute approximate surface area is 155 Å². The Morgan fingerprint density at radius 3 is 2.69 bits per heavy atom. The van der Waals surface area contributed by atoms with Gasteiger partial charge >= 0.3 is 0 Å². The molecule has 1 atom stereocenters. The molecule has 1 N–H and O–H groups in total. The van der Waals surface area contributed by atoms with Crippen LogP contribution < -0.4 is 10.1 Å². The summed E-state index contributed by atoms with van der Waals surface area (Å²) in [6.45, 7) is 8.46. The number of piperidine rings is 1. The van der Waals surface area contributed by atoms with E-state index in [2.05, 4.69) is 17.3 Å². The van der Waals surface area contributed by atoms with Crippen LogP contribution >= 0.6 is 0 Å². The highest BCUT2D eigenvalue weighted by Crippen LogP contribution is 2.36. The van der Waals surface area contributed by atoms with Crippen molar-refractivity contribution >= 4 is 11.8 Å². The minimum atomic E-state index is -0.533. The number of likely N-dealkylation sites (tertiary alicyclic amines) is 1. The second kappa shape index (κ2) is 7.27. The lowest BCUT2D eigenvalue weighted by atomic mass is 9.90. The van der Waals surface area contributed by atoms with Crippen LogP contribution in [0, 0.1) is 6.92 Å². The molecule has 1 fully saturated rings. The number of rotatable bonds is 3. The van der Waals surface area contributed by atoms with Crippen molar-refractivity contribution in [3.05, 3.63) is 29.3 Å². The number of benzene rings is 1. The number of carbonyl (C=O) groups excluding carboxylic acids is 2. The van der Waals surface area contributed by atoms with Gasteiger partial charge in [0.1, 0.15) is 17.4 Å². The topological polar surface area (TPSA) is 61.9 Å². The van der Waals surface area contributed by atoms with Gasteiger partial charge in [0.25, 0.3) is 5.91 Å². The number of hydrogen-bond acceptors (Lipinski definition) is 4. The summed E-state index contributed by atoms with van der Waals surface area (Å²) in [5.41, 5.74) is 1.12. The molecule has 1 saturated heterocycles. The average Bonchev–Trinajstić information content (AvgIpc) is 2.73. The number of hydrogen-bond donors (Lipinski definition) is 1. The molecule has 2 heterocycles. The first-order chi connectivity index (χ1) is 12.3. The van der Waals surface area contributed by atoms with E-state index in [0.717, 1.165) is 31.5 Å². The molecule has 2 aliphatic rings. The number of aryl methyl sites for hydroxylation is 1. The third-order valence-corrected chi connectivity index (χ3v) is 5.51. The minimum absolute atomic E-state index is 0.125. The second-order valence-corrected chi connectivity index (χ2v) is 7.59.